The zero-order valence-corrected chi connectivity index (χ0v) is 10.8. The summed E-state index contributed by atoms with van der Waals surface area (Å²) in [4.78, 5) is 4.30. The molecule has 0 bridgehead atoms. The Morgan fingerprint density at radius 3 is 2.88 bits per heavy atom. The molecule has 2 rings (SSSR count). The second kappa shape index (κ2) is 4.76. The van der Waals surface area contributed by atoms with Gasteiger partial charge in [-0.15, -0.1) is 0 Å². The van der Waals surface area contributed by atoms with Crippen LogP contribution in [0.4, 0.5) is 0 Å². The average molecular weight is 281 g/mol. The molecule has 2 aromatic heterocycles. The summed E-state index contributed by atoms with van der Waals surface area (Å²) in [6, 6.07) is 5.81. The van der Waals surface area contributed by atoms with Crippen molar-refractivity contribution in [2.24, 2.45) is 7.05 Å². The maximum Gasteiger partial charge on any atom is 0.125 e. The molecule has 0 aromatic carbocycles. The van der Waals surface area contributed by atoms with E-state index >= 15 is 0 Å². The molecule has 5 heteroatoms. The smallest absolute Gasteiger partial charge is 0.125 e. The molecular weight excluding hydrogens is 268 g/mol. The van der Waals surface area contributed by atoms with Crippen LogP contribution < -0.4 is 5.32 Å². The zero-order valence-electron chi connectivity index (χ0n) is 9.24. The van der Waals surface area contributed by atoms with Crippen molar-refractivity contribution in [3.05, 3.63) is 34.6 Å². The molecule has 0 fully saturated rings. The number of hydrogen-bond acceptors (Lipinski definition) is 3. The fraction of sp³-hybridized carbons (Fsp3) is 0.273. The van der Waals surface area contributed by atoms with E-state index in [1.807, 2.05) is 37.0 Å². The van der Waals surface area contributed by atoms with E-state index in [9.17, 15) is 0 Å². The second-order valence-electron chi connectivity index (χ2n) is 3.48. The number of hydrogen-bond donors (Lipinski definition) is 1. The van der Waals surface area contributed by atoms with Crippen molar-refractivity contribution in [1.29, 1.82) is 0 Å². The summed E-state index contributed by atoms with van der Waals surface area (Å²) in [6.45, 7) is 0.775. The summed E-state index contributed by atoms with van der Waals surface area (Å²) in [5, 5.41) is 7.59. The minimum Gasteiger partial charge on any atom is -0.314 e. The molecule has 2 heterocycles. The van der Waals surface area contributed by atoms with Gasteiger partial charge in [0, 0.05) is 19.8 Å². The number of rotatable bonds is 3. The lowest BCUT2D eigenvalue weighted by atomic mass is 10.2. The molecule has 0 aliphatic heterocycles. The highest BCUT2D eigenvalue weighted by molar-refractivity contribution is 9.10. The Morgan fingerprint density at radius 2 is 2.25 bits per heavy atom. The summed E-state index contributed by atoms with van der Waals surface area (Å²) in [6.07, 6.45) is 1.77. The normalized spacial score (nSPS) is 10.7. The van der Waals surface area contributed by atoms with Gasteiger partial charge in [-0.05, 0) is 35.1 Å². The molecule has 2 aromatic rings. The molecule has 0 unspecified atom stereocenters. The Hall–Kier alpha value is -1.20. The maximum atomic E-state index is 4.47. The molecule has 0 saturated carbocycles. The minimum atomic E-state index is 0.775. The van der Waals surface area contributed by atoms with Crippen LogP contribution in [-0.2, 0) is 13.6 Å². The van der Waals surface area contributed by atoms with Gasteiger partial charge in [-0.2, -0.15) is 5.10 Å². The predicted octanol–water partition coefficient (Wildman–Crippen LogP) is 1.96. The lowest BCUT2D eigenvalue weighted by molar-refractivity contribution is 0.671. The van der Waals surface area contributed by atoms with Crippen LogP contribution in [-0.4, -0.2) is 21.8 Å². The van der Waals surface area contributed by atoms with Crippen molar-refractivity contribution in [3.8, 4) is 11.4 Å². The molecule has 4 nitrogen and oxygen atoms in total. The lowest BCUT2D eigenvalue weighted by Gasteiger charge is -2.00. The van der Waals surface area contributed by atoms with Gasteiger partial charge in [0.25, 0.3) is 0 Å². The van der Waals surface area contributed by atoms with E-state index in [0.717, 1.165) is 28.1 Å². The summed E-state index contributed by atoms with van der Waals surface area (Å²) in [7, 11) is 3.85. The van der Waals surface area contributed by atoms with Crippen molar-refractivity contribution in [1.82, 2.24) is 20.1 Å². The van der Waals surface area contributed by atoms with E-state index < -0.39 is 0 Å². The van der Waals surface area contributed by atoms with Crippen LogP contribution in [0, 0.1) is 0 Å². The maximum absolute atomic E-state index is 4.47. The third-order valence-electron chi connectivity index (χ3n) is 2.35. The van der Waals surface area contributed by atoms with E-state index in [-0.39, 0.29) is 0 Å². The molecule has 0 aliphatic carbocycles. The van der Waals surface area contributed by atoms with Crippen molar-refractivity contribution in [3.63, 3.8) is 0 Å². The fourth-order valence-electron chi connectivity index (χ4n) is 1.56. The van der Waals surface area contributed by atoms with Gasteiger partial charge in [-0.3, -0.25) is 9.67 Å². The van der Waals surface area contributed by atoms with Crippen molar-refractivity contribution < 1.29 is 0 Å². The van der Waals surface area contributed by atoms with Gasteiger partial charge in [-0.25, -0.2) is 0 Å². The molecule has 16 heavy (non-hydrogen) atoms. The molecule has 0 radical (unpaired) electrons. The number of aryl methyl sites for hydroxylation is 1. The van der Waals surface area contributed by atoms with Crippen LogP contribution in [0.25, 0.3) is 11.4 Å². The SMILES string of the molecule is CNCc1c(Br)c(-c2ccccn2)nn1C. The number of halogens is 1. The Morgan fingerprint density at radius 1 is 1.44 bits per heavy atom. The van der Waals surface area contributed by atoms with Gasteiger partial charge in [0.05, 0.1) is 15.9 Å². The first kappa shape index (κ1) is 11.3. The Balaban J connectivity index is 2.47. The second-order valence-corrected chi connectivity index (χ2v) is 4.27. The van der Waals surface area contributed by atoms with E-state index in [2.05, 4.69) is 31.3 Å². The lowest BCUT2D eigenvalue weighted by Crippen LogP contribution is -2.10. The van der Waals surface area contributed by atoms with E-state index in [0.29, 0.717) is 0 Å². The summed E-state index contributed by atoms with van der Waals surface area (Å²) < 4.78 is 2.87. The van der Waals surface area contributed by atoms with Gasteiger partial charge >= 0.3 is 0 Å². The molecule has 0 amide bonds. The topological polar surface area (TPSA) is 42.7 Å². The van der Waals surface area contributed by atoms with E-state index in [4.69, 9.17) is 0 Å². The largest absolute Gasteiger partial charge is 0.314 e. The highest BCUT2D eigenvalue weighted by atomic mass is 79.9. The first-order valence-electron chi connectivity index (χ1n) is 5.01. The van der Waals surface area contributed by atoms with Crippen LogP contribution in [0.3, 0.4) is 0 Å². The minimum absolute atomic E-state index is 0.775. The zero-order chi connectivity index (χ0) is 11.5. The third kappa shape index (κ3) is 2.01. The van der Waals surface area contributed by atoms with Crippen molar-refractivity contribution >= 4 is 15.9 Å². The number of aromatic nitrogens is 3. The Kier molecular flexibility index (Phi) is 3.36. The highest BCUT2D eigenvalue weighted by Gasteiger charge is 2.15. The molecule has 84 valence electrons. The van der Waals surface area contributed by atoms with Gasteiger partial charge in [-0.1, -0.05) is 6.07 Å². The van der Waals surface area contributed by atoms with Crippen LogP contribution in [0.15, 0.2) is 28.9 Å². The molecule has 0 atom stereocenters. The van der Waals surface area contributed by atoms with E-state index in [1.165, 1.54) is 0 Å². The molecule has 0 aliphatic rings. The Labute approximate surface area is 103 Å². The molecule has 0 spiro atoms. The average Bonchev–Trinajstić information content (AvgIpc) is 2.59. The highest BCUT2D eigenvalue weighted by Crippen LogP contribution is 2.28. The fourth-order valence-corrected chi connectivity index (χ4v) is 2.24. The molecule has 1 N–H and O–H groups in total. The predicted molar refractivity (Wildman–Crippen MR) is 66.9 cm³/mol. The van der Waals surface area contributed by atoms with Crippen molar-refractivity contribution in [2.75, 3.05) is 7.05 Å². The Bertz CT molecular complexity index is 478. The third-order valence-corrected chi connectivity index (χ3v) is 3.19. The van der Waals surface area contributed by atoms with Gasteiger partial charge in [0.1, 0.15) is 5.69 Å². The monoisotopic (exact) mass is 280 g/mol. The number of nitrogens with zero attached hydrogens (tertiary/aromatic N) is 3. The number of pyridine rings is 1. The van der Waals surface area contributed by atoms with Crippen LogP contribution in [0.2, 0.25) is 0 Å². The van der Waals surface area contributed by atoms with Crippen LogP contribution in [0.1, 0.15) is 5.69 Å². The van der Waals surface area contributed by atoms with Gasteiger partial charge < -0.3 is 5.32 Å². The summed E-state index contributed by atoms with van der Waals surface area (Å²) >= 11 is 3.58. The summed E-state index contributed by atoms with van der Waals surface area (Å²) in [5.41, 5.74) is 2.88. The van der Waals surface area contributed by atoms with Gasteiger partial charge in [0.2, 0.25) is 0 Å². The standard InChI is InChI=1S/C11H13BrN4/c1-13-7-9-10(12)11(15-16(9)2)8-5-3-4-6-14-8/h3-6,13H,7H2,1-2H3. The van der Waals surface area contributed by atoms with Gasteiger partial charge in [0.15, 0.2) is 0 Å². The van der Waals surface area contributed by atoms with Crippen LogP contribution >= 0.6 is 15.9 Å². The molecule has 0 saturated heterocycles. The number of nitrogens with one attached hydrogen (secondary N) is 1. The van der Waals surface area contributed by atoms with Crippen LogP contribution in [0.5, 0.6) is 0 Å². The first-order valence-corrected chi connectivity index (χ1v) is 5.80. The summed E-state index contributed by atoms with van der Waals surface area (Å²) in [5.74, 6) is 0. The first-order chi connectivity index (χ1) is 7.74. The van der Waals surface area contributed by atoms with E-state index in [1.54, 1.807) is 6.20 Å². The molecular formula is C11H13BrN4. The van der Waals surface area contributed by atoms with Crippen molar-refractivity contribution in [2.45, 2.75) is 6.54 Å². The quantitative estimate of drug-likeness (QED) is 0.935.